The van der Waals surface area contributed by atoms with Gasteiger partial charge >= 0.3 is 0 Å². The summed E-state index contributed by atoms with van der Waals surface area (Å²) in [5.41, 5.74) is -0.101. The lowest BCUT2D eigenvalue weighted by molar-refractivity contribution is -0.0107. The van der Waals surface area contributed by atoms with Crippen molar-refractivity contribution in [3.8, 4) is 0 Å². The van der Waals surface area contributed by atoms with Crippen LogP contribution in [0.5, 0.6) is 0 Å². The Morgan fingerprint density at radius 1 is 1.10 bits per heavy atom. The SMILES string of the molecule is CCNC(=NCC1(CO)CCOCC1)N1CCN(C2CCC(C(C)C)CC2)CC1.I. The number of aliphatic hydroxyl groups is 1. The first-order valence-electron chi connectivity index (χ1n) is 12.0. The molecule has 0 unspecified atom stereocenters. The largest absolute Gasteiger partial charge is 0.396 e. The van der Waals surface area contributed by atoms with Crippen molar-refractivity contribution in [1.82, 2.24) is 15.1 Å². The van der Waals surface area contributed by atoms with Gasteiger partial charge in [0.25, 0.3) is 0 Å². The second-order valence-electron chi connectivity index (χ2n) is 9.78. The zero-order valence-corrected chi connectivity index (χ0v) is 21.8. The van der Waals surface area contributed by atoms with Crippen LogP contribution in [0.25, 0.3) is 0 Å². The van der Waals surface area contributed by atoms with E-state index in [0.717, 1.165) is 82.6 Å². The average molecular weight is 537 g/mol. The van der Waals surface area contributed by atoms with E-state index in [-0.39, 0.29) is 36.0 Å². The number of nitrogens with one attached hydrogen (secondary N) is 1. The third-order valence-corrected chi connectivity index (χ3v) is 7.60. The molecular formula is C23H45IN4O2. The molecule has 3 rings (SSSR count). The van der Waals surface area contributed by atoms with Crippen LogP contribution in [0.4, 0.5) is 0 Å². The molecule has 2 heterocycles. The minimum Gasteiger partial charge on any atom is -0.396 e. The normalized spacial score (nSPS) is 28.3. The predicted molar refractivity (Wildman–Crippen MR) is 135 cm³/mol. The fourth-order valence-corrected chi connectivity index (χ4v) is 5.27. The Balaban J connectivity index is 0.00000320. The van der Waals surface area contributed by atoms with Crippen LogP contribution in [0.15, 0.2) is 4.99 Å². The van der Waals surface area contributed by atoms with Gasteiger partial charge in [-0.15, -0.1) is 24.0 Å². The molecule has 1 aliphatic carbocycles. The number of aliphatic hydroxyl groups excluding tert-OH is 1. The van der Waals surface area contributed by atoms with Crippen LogP contribution < -0.4 is 5.32 Å². The van der Waals surface area contributed by atoms with Crippen LogP contribution in [0.1, 0.15) is 59.3 Å². The van der Waals surface area contributed by atoms with Crippen LogP contribution in [-0.2, 0) is 4.74 Å². The molecule has 3 aliphatic rings. The second-order valence-corrected chi connectivity index (χ2v) is 9.78. The molecule has 0 atom stereocenters. The Labute approximate surface area is 201 Å². The van der Waals surface area contributed by atoms with Gasteiger partial charge in [0.2, 0.25) is 0 Å². The molecular weight excluding hydrogens is 491 g/mol. The molecule has 0 aromatic heterocycles. The van der Waals surface area contributed by atoms with Gasteiger partial charge in [-0.3, -0.25) is 9.89 Å². The minimum absolute atomic E-state index is 0. The first-order chi connectivity index (χ1) is 14.1. The molecule has 2 N–H and O–H groups in total. The maximum atomic E-state index is 9.96. The number of hydrogen-bond donors (Lipinski definition) is 2. The lowest BCUT2D eigenvalue weighted by Gasteiger charge is -2.43. The van der Waals surface area contributed by atoms with Crippen molar-refractivity contribution < 1.29 is 9.84 Å². The number of aliphatic imine (C=N–C) groups is 1. The molecule has 0 aromatic carbocycles. The molecule has 6 nitrogen and oxygen atoms in total. The molecule has 2 saturated heterocycles. The van der Waals surface area contributed by atoms with Crippen molar-refractivity contribution in [3.05, 3.63) is 0 Å². The Morgan fingerprint density at radius 3 is 2.27 bits per heavy atom. The second kappa shape index (κ2) is 12.8. The van der Waals surface area contributed by atoms with Crippen molar-refractivity contribution >= 4 is 29.9 Å². The van der Waals surface area contributed by atoms with Gasteiger partial charge in [0.15, 0.2) is 5.96 Å². The highest BCUT2D eigenvalue weighted by molar-refractivity contribution is 14.0. The van der Waals surface area contributed by atoms with Crippen LogP contribution in [-0.4, -0.2) is 86.0 Å². The van der Waals surface area contributed by atoms with E-state index < -0.39 is 0 Å². The van der Waals surface area contributed by atoms with E-state index in [9.17, 15) is 5.11 Å². The minimum atomic E-state index is -0.101. The molecule has 0 amide bonds. The lowest BCUT2D eigenvalue weighted by atomic mass is 9.79. The van der Waals surface area contributed by atoms with Gasteiger partial charge in [-0.05, 0) is 57.3 Å². The first-order valence-corrected chi connectivity index (χ1v) is 12.0. The van der Waals surface area contributed by atoms with E-state index in [0.29, 0.717) is 6.54 Å². The van der Waals surface area contributed by atoms with Gasteiger partial charge in [-0.1, -0.05) is 13.8 Å². The summed E-state index contributed by atoms with van der Waals surface area (Å²) in [4.78, 5) is 10.1. The summed E-state index contributed by atoms with van der Waals surface area (Å²) in [6, 6.07) is 0.784. The third kappa shape index (κ3) is 6.94. The van der Waals surface area contributed by atoms with Crippen molar-refractivity contribution in [2.75, 3.05) is 59.1 Å². The Kier molecular flexibility index (Phi) is 11.1. The smallest absolute Gasteiger partial charge is 0.194 e. The number of hydrogen-bond acceptors (Lipinski definition) is 4. The molecule has 2 aliphatic heterocycles. The van der Waals surface area contributed by atoms with E-state index in [2.05, 4.69) is 35.9 Å². The van der Waals surface area contributed by atoms with Crippen LogP contribution >= 0.6 is 24.0 Å². The molecule has 176 valence electrons. The summed E-state index contributed by atoms with van der Waals surface area (Å²) in [6.45, 7) is 14.5. The van der Waals surface area contributed by atoms with Gasteiger partial charge in [0.05, 0.1) is 13.2 Å². The highest BCUT2D eigenvalue weighted by Crippen LogP contribution is 2.33. The highest BCUT2D eigenvalue weighted by atomic mass is 127. The first kappa shape index (κ1) is 26.1. The van der Waals surface area contributed by atoms with E-state index in [1.54, 1.807) is 0 Å². The summed E-state index contributed by atoms with van der Waals surface area (Å²) >= 11 is 0. The fraction of sp³-hybridized carbons (Fsp3) is 0.957. The molecule has 7 heteroatoms. The van der Waals surface area contributed by atoms with E-state index in [4.69, 9.17) is 9.73 Å². The van der Waals surface area contributed by atoms with Gasteiger partial charge in [0.1, 0.15) is 0 Å². The lowest BCUT2D eigenvalue weighted by Crippen LogP contribution is -2.55. The number of guanidine groups is 1. The average Bonchev–Trinajstić information content (AvgIpc) is 2.77. The van der Waals surface area contributed by atoms with Gasteiger partial charge < -0.3 is 20.1 Å². The van der Waals surface area contributed by atoms with Crippen LogP contribution in [0.3, 0.4) is 0 Å². The standard InChI is InChI=1S/C23H44N4O2.HI/c1-4-24-22(25-17-23(18-28)9-15-29-16-10-23)27-13-11-26(12-14-27)21-7-5-20(6-8-21)19(2)3;/h19-21,28H,4-18H2,1-3H3,(H,24,25);1H. The number of rotatable bonds is 6. The monoisotopic (exact) mass is 536 g/mol. The molecule has 1 saturated carbocycles. The van der Waals surface area contributed by atoms with E-state index >= 15 is 0 Å². The zero-order valence-electron chi connectivity index (χ0n) is 19.4. The summed E-state index contributed by atoms with van der Waals surface area (Å²) < 4.78 is 5.50. The molecule has 0 bridgehead atoms. The summed E-state index contributed by atoms with van der Waals surface area (Å²) in [5, 5.41) is 13.5. The van der Waals surface area contributed by atoms with Crippen LogP contribution in [0, 0.1) is 17.3 Å². The quantitative estimate of drug-likeness (QED) is 0.310. The number of piperazine rings is 1. The summed E-state index contributed by atoms with van der Waals surface area (Å²) in [6.07, 6.45) is 7.36. The maximum Gasteiger partial charge on any atom is 0.194 e. The number of ether oxygens (including phenoxy) is 1. The van der Waals surface area contributed by atoms with Gasteiger partial charge in [-0.25, -0.2) is 0 Å². The Morgan fingerprint density at radius 2 is 1.73 bits per heavy atom. The highest BCUT2D eigenvalue weighted by Gasteiger charge is 2.33. The maximum absolute atomic E-state index is 9.96. The predicted octanol–water partition coefficient (Wildman–Crippen LogP) is 3.19. The fourth-order valence-electron chi connectivity index (χ4n) is 5.27. The van der Waals surface area contributed by atoms with Crippen molar-refractivity contribution in [2.24, 2.45) is 22.2 Å². The Hall–Kier alpha value is -0.120. The Bertz CT molecular complexity index is 509. The molecule has 3 fully saturated rings. The van der Waals surface area contributed by atoms with E-state index in [1.807, 2.05) is 0 Å². The van der Waals surface area contributed by atoms with Crippen molar-refractivity contribution in [1.29, 1.82) is 0 Å². The summed E-state index contributed by atoms with van der Waals surface area (Å²) in [7, 11) is 0. The summed E-state index contributed by atoms with van der Waals surface area (Å²) in [5.74, 6) is 2.80. The number of nitrogens with zero attached hydrogens (tertiary/aromatic N) is 3. The van der Waals surface area contributed by atoms with Gasteiger partial charge in [0, 0.05) is 57.4 Å². The molecule has 0 spiro atoms. The van der Waals surface area contributed by atoms with Gasteiger partial charge in [-0.2, -0.15) is 0 Å². The molecule has 30 heavy (non-hydrogen) atoms. The third-order valence-electron chi connectivity index (χ3n) is 7.60. The van der Waals surface area contributed by atoms with Crippen molar-refractivity contribution in [2.45, 2.75) is 65.3 Å². The topological polar surface area (TPSA) is 60.3 Å². The number of halogens is 1. The molecule has 0 radical (unpaired) electrons. The van der Waals surface area contributed by atoms with E-state index in [1.165, 1.54) is 25.7 Å². The zero-order chi connectivity index (χ0) is 20.7. The van der Waals surface area contributed by atoms with Crippen LogP contribution in [0.2, 0.25) is 0 Å². The van der Waals surface area contributed by atoms with Crippen molar-refractivity contribution in [3.63, 3.8) is 0 Å². The molecule has 0 aromatic rings.